The summed E-state index contributed by atoms with van der Waals surface area (Å²) in [7, 11) is 0. The Morgan fingerprint density at radius 1 is 1.32 bits per heavy atom. The highest BCUT2D eigenvalue weighted by Crippen LogP contribution is 2.31. The highest BCUT2D eigenvalue weighted by atomic mass is 32.1. The lowest BCUT2D eigenvalue weighted by atomic mass is 10.2. The van der Waals surface area contributed by atoms with Gasteiger partial charge >= 0.3 is 5.97 Å². The molecule has 0 aliphatic heterocycles. The molecule has 1 aliphatic rings. The summed E-state index contributed by atoms with van der Waals surface area (Å²) in [5.74, 6) is -0.318. The summed E-state index contributed by atoms with van der Waals surface area (Å²) in [6, 6.07) is 9.49. The van der Waals surface area contributed by atoms with Crippen molar-refractivity contribution in [2.75, 3.05) is 5.32 Å². The second-order valence-electron chi connectivity index (χ2n) is 5.26. The van der Waals surface area contributed by atoms with Gasteiger partial charge in [-0.2, -0.15) is 0 Å². The van der Waals surface area contributed by atoms with Crippen molar-refractivity contribution < 1.29 is 14.3 Å². The third-order valence-electron chi connectivity index (χ3n) is 3.37. The van der Waals surface area contributed by atoms with Gasteiger partial charge in [0.05, 0.1) is 5.69 Å². The SMILES string of the molecule is Cc1nc(NC(=O)C2CC2)sc1C(=O)OCc1ccccc1. The molecule has 22 heavy (non-hydrogen) atoms. The van der Waals surface area contributed by atoms with E-state index in [0.29, 0.717) is 15.7 Å². The van der Waals surface area contributed by atoms with Gasteiger partial charge in [0.15, 0.2) is 5.13 Å². The Balaban J connectivity index is 1.62. The third-order valence-corrected chi connectivity index (χ3v) is 4.43. The van der Waals surface area contributed by atoms with Crippen LogP contribution >= 0.6 is 11.3 Å². The monoisotopic (exact) mass is 316 g/mol. The molecule has 6 heteroatoms. The largest absolute Gasteiger partial charge is 0.457 e. The van der Waals surface area contributed by atoms with E-state index < -0.39 is 5.97 Å². The number of nitrogens with one attached hydrogen (secondary N) is 1. The molecule has 0 atom stereocenters. The molecule has 0 unspecified atom stereocenters. The van der Waals surface area contributed by atoms with Crippen LogP contribution in [0.3, 0.4) is 0 Å². The first-order chi connectivity index (χ1) is 10.6. The van der Waals surface area contributed by atoms with Crippen molar-refractivity contribution >= 4 is 28.3 Å². The molecule has 1 heterocycles. The molecule has 1 N–H and O–H groups in total. The molecule has 1 aliphatic carbocycles. The molecule has 1 aromatic carbocycles. The molecule has 0 bridgehead atoms. The number of benzene rings is 1. The molecule has 2 aromatic rings. The van der Waals surface area contributed by atoms with E-state index in [0.717, 1.165) is 29.7 Å². The van der Waals surface area contributed by atoms with Crippen molar-refractivity contribution in [3.8, 4) is 0 Å². The van der Waals surface area contributed by atoms with Crippen LogP contribution in [-0.2, 0) is 16.1 Å². The number of aryl methyl sites for hydroxylation is 1. The molecule has 0 spiro atoms. The van der Waals surface area contributed by atoms with Gasteiger partial charge in [-0.3, -0.25) is 4.79 Å². The maximum atomic E-state index is 12.1. The molecule has 1 aromatic heterocycles. The fourth-order valence-corrected chi connectivity index (χ4v) is 2.84. The highest BCUT2D eigenvalue weighted by molar-refractivity contribution is 7.17. The Kier molecular flexibility index (Phi) is 4.20. The average molecular weight is 316 g/mol. The number of hydrogen-bond donors (Lipinski definition) is 1. The number of aromatic nitrogens is 1. The maximum Gasteiger partial charge on any atom is 0.350 e. The van der Waals surface area contributed by atoms with Crippen LogP contribution in [0.15, 0.2) is 30.3 Å². The Hall–Kier alpha value is -2.21. The first-order valence-corrected chi connectivity index (χ1v) is 7.94. The van der Waals surface area contributed by atoms with Crippen LogP contribution in [0.5, 0.6) is 0 Å². The Morgan fingerprint density at radius 2 is 2.05 bits per heavy atom. The van der Waals surface area contributed by atoms with Crippen LogP contribution in [0.1, 0.15) is 33.8 Å². The maximum absolute atomic E-state index is 12.1. The second kappa shape index (κ2) is 6.27. The summed E-state index contributed by atoms with van der Waals surface area (Å²) < 4.78 is 5.29. The lowest BCUT2D eigenvalue weighted by Gasteiger charge is -2.03. The van der Waals surface area contributed by atoms with E-state index in [2.05, 4.69) is 10.3 Å². The van der Waals surface area contributed by atoms with Crippen LogP contribution in [0.4, 0.5) is 5.13 Å². The lowest BCUT2D eigenvalue weighted by molar-refractivity contribution is -0.117. The van der Waals surface area contributed by atoms with Gasteiger partial charge in [-0.25, -0.2) is 9.78 Å². The molecule has 0 radical (unpaired) electrons. The smallest absolute Gasteiger partial charge is 0.350 e. The number of carbonyl (C=O) groups excluding carboxylic acids is 2. The van der Waals surface area contributed by atoms with Gasteiger partial charge in [0.25, 0.3) is 0 Å². The number of ether oxygens (including phenoxy) is 1. The van der Waals surface area contributed by atoms with Gasteiger partial charge in [0.2, 0.25) is 5.91 Å². The topological polar surface area (TPSA) is 68.3 Å². The Morgan fingerprint density at radius 3 is 2.73 bits per heavy atom. The molecule has 5 nitrogen and oxygen atoms in total. The predicted octanol–water partition coefficient (Wildman–Crippen LogP) is 3.16. The molecular weight excluding hydrogens is 300 g/mol. The molecule has 1 amide bonds. The van der Waals surface area contributed by atoms with E-state index in [9.17, 15) is 9.59 Å². The summed E-state index contributed by atoms with van der Waals surface area (Å²) in [4.78, 5) is 28.5. The summed E-state index contributed by atoms with van der Waals surface area (Å²) in [5, 5.41) is 3.21. The summed E-state index contributed by atoms with van der Waals surface area (Å²) in [6.45, 7) is 1.96. The first kappa shape index (κ1) is 14.7. The number of amides is 1. The summed E-state index contributed by atoms with van der Waals surface area (Å²) in [5.41, 5.74) is 1.51. The van der Waals surface area contributed by atoms with Gasteiger partial charge < -0.3 is 10.1 Å². The fraction of sp³-hybridized carbons (Fsp3) is 0.312. The number of anilines is 1. The van der Waals surface area contributed by atoms with Crippen LogP contribution in [0.25, 0.3) is 0 Å². The minimum Gasteiger partial charge on any atom is -0.457 e. The number of thiazole rings is 1. The quantitative estimate of drug-likeness (QED) is 0.860. The van der Waals surface area contributed by atoms with E-state index >= 15 is 0 Å². The number of rotatable bonds is 5. The van der Waals surface area contributed by atoms with Crippen LogP contribution in [0, 0.1) is 12.8 Å². The van der Waals surface area contributed by atoms with Crippen molar-refractivity contribution in [1.82, 2.24) is 4.98 Å². The van der Waals surface area contributed by atoms with Crippen molar-refractivity contribution in [2.24, 2.45) is 5.92 Å². The van der Waals surface area contributed by atoms with E-state index in [-0.39, 0.29) is 18.4 Å². The average Bonchev–Trinajstić information content (AvgIpc) is 3.30. The third kappa shape index (κ3) is 3.51. The zero-order valence-corrected chi connectivity index (χ0v) is 13.0. The minimum atomic E-state index is -0.411. The molecule has 1 saturated carbocycles. The van der Waals surface area contributed by atoms with Gasteiger partial charge in [-0.1, -0.05) is 41.7 Å². The minimum absolute atomic E-state index is 0.0158. The highest BCUT2D eigenvalue weighted by Gasteiger charge is 2.30. The summed E-state index contributed by atoms with van der Waals surface area (Å²) in [6.07, 6.45) is 1.87. The molecule has 3 rings (SSSR count). The zero-order valence-electron chi connectivity index (χ0n) is 12.2. The zero-order chi connectivity index (χ0) is 15.5. The fourth-order valence-electron chi connectivity index (χ4n) is 1.98. The van der Waals surface area contributed by atoms with Gasteiger partial charge in [0, 0.05) is 5.92 Å². The van der Waals surface area contributed by atoms with E-state index in [1.165, 1.54) is 0 Å². The Labute approximate surface area is 132 Å². The molecule has 1 fully saturated rings. The van der Waals surface area contributed by atoms with E-state index in [4.69, 9.17) is 4.74 Å². The van der Waals surface area contributed by atoms with Crippen LogP contribution < -0.4 is 5.32 Å². The lowest BCUT2D eigenvalue weighted by Crippen LogP contribution is -2.12. The Bertz CT molecular complexity index is 693. The first-order valence-electron chi connectivity index (χ1n) is 7.13. The van der Waals surface area contributed by atoms with E-state index in [1.807, 2.05) is 30.3 Å². The van der Waals surface area contributed by atoms with Crippen LogP contribution in [0.2, 0.25) is 0 Å². The number of hydrogen-bond acceptors (Lipinski definition) is 5. The van der Waals surface area contributed by atoms with Crippen molar-refractivity contribution in [3.63, 3.8) is 0 Å². The van der Waals surface area contributed by atoms with Crippen LogP contribution in [-0.4, -0.2) is 16.9 Å². The number of esters is 1. The van der Waals surface area contributed by atoms with Gasteiger partial charge in [-0.05, 0) is 25.3 Å². The standard InChI is InChI=1S/C16H16N2O3S/c1-10-13(15(20)21-9-11-5-3-2-4-6-11)22-16(17-10)18-14(19)12-7-8-12/h2-6,12H,7-9H2,1H3,(H,17,18,19). The number of carbonyl (C=O) groups is 2. The van der Waals surface area contributed by atoms with E-state index in [1.54, 1.807) is 6.92 Å². The van der Waals surface area contributed by atoms with Gasteiger partial charge in [-0.15, -0.1) is 0 Å². The summed E-state index contributed by atoms with van der Waals surface area (Å²) >= 11 is 1.16. The van der Waals surface area contributed by atoms with Crippen molar-refractivity contribution in [3.05, 3.63) is 46.5 Å². The normalized spacial score (nSPS) is 13.7. The predicted molar refractivity (Wildman–Crippen MR) is 83.8 cm³/mol. The number of nitrogens with zero attached hydrogens (tertiary/aromatic N) is 1. The second-order valence-corrected chi connectivity index (χ2v) is 6.26. The van der Waals surface area contributed by atoms with Crippen molar-refractivity contribution in [2.45, 2.75) is 26.4 Å². The van der Waals surface area contributed by atoms with Gasteiger partial charge in [0.1, 0.15) is 11.5 Å². The molecular formula is C16H16N2O3S. The molecule has 0 saturated heterocycles. The van der Waals surface area contributed by atoms with Crippen molar-refractivity contribution in [1.29, 1.82) is 0 Å². The molecule has 114 valence electrons.